The van der Waals surface area contributed by atoms with Gasteiger partial charge in [0, 0.05) is 23.6 Å². The molecule has 0 saturated carbocycles. The topological polar surface area (TPSA) is 108 Å². The number of nitrogens with zero attached hydrogens (tertiary/aromatic N) is 3. The van der Waals surface area contributed by atoms with Gasteiger partial charge in [-0.3, -0.25) is 19.7 Å². The van der Waals surface area contributed by atoms with Crippen LogP contribution in [0.25, 0.3) is 22.2 Å². The van der Waals surface area contributed by atoms with E-state index in [1.165, 1.54) is 37.2 Å². The number of H-pyrrole nitrogens is 2. The second-order valence-electron chi connectivity index (χ2n) is 9.95. The number of ether oxygens (including phenoxy) is 1. The highest BCUT2D eigenvalue weighted by Crippen LogP contribution is 2.25. The highest BCUT2D eigenvalue weighted by atomic mass is 16.6. The molecule has 4 heterocycles. The van der Waals surface area contributed by atoms with Crippen molar-refractivity contribution < 1.29 is 9.53 Å². The van der Waals surface area contributed by atoms with Gasteiger partial charge in [-0.15, -0.1) is 0 Å². The summed E-state index contributed by atoms with van der Waals surface area (Å²) in [6.07, 6.45) is 7.76. The molecule has 1 saturated heterocycles. The van der Waals surface area contributed by atoms with Gasteiger partial charge in [0.15, 0.2) is 5.75 Å². The van der Waals surface area contributed by atoms with Crippen molar-refractivity contribution in [2.45, 2.75) is 32.4 Å². The molecule has 1 aliphatic heterocycles. The summed E-state index contributed by atoms with van der Waals surface area (Å²) in [6, 6.07) is 19.9. The number of likely N-dealkylation sites (tertiary alicyclic amines) is 1. The van der Waals surface area contributed by atoms with Crippen molar-refractivity contribution in [2.75, 3.05) is 18.4 Å². The number of hydrogen-bond acceptors (Lipinski definition) is 5. The maximum absolute atomic E-state index is 12.7. The van der Waals surface area contributed by atoms with Crippen molar-refractivity contribution in [2.24, 2.45) is 0 Å². The van der Waals surface area contributed by atoms with E-state index in [4.69, 9.17) is 4.74 Å². The van der Waals surface area contributed by atoms with E-state index < -0.39 is 6.09 Å². The summed E-state index contributed by atoms with van der Waals surface area (Å²) in [5.74, 6) is 0.323. The van der Waals surface area contributed by atoms with Crippen LogP contribution in [0.3, 0.4) is 0 Å². The number of rotatable bonds is 7. The Balaban J connectivity index is 1.13. The first kappa shape index (κ1) is 24.7. The van der Waals surface area contributed by atoms with Gasteiger partial charge < -0.3 is 14.7 Å². The zero-order valence-corrected chi connectivity index (χ0v) is 21.5. The number of fused-ring (bicyclic) bond motifs is 1. The lowest BCUT2D eigenvalue weighted by atomic mass is 10.1. The van der Waals surface area contributed by atoms with Gasteiger partial charge in [-0.1, -0.05) is 42.8 Å². The van der Waals surface area contributed by atoms with Crippen LogP contribution in [0.2, 0.25) is 0 Å². The lowest BCUT2D eigenvalue weighted by Crippen LogP contribution is -2.28. The average molecular weight is 523 g/mol. The molecule has 39 heavy (non-hydrogen) atoms. The Bertz CT molecular complexity index is 1650. The molecule has 0 atom stereocenters. The minimum absolute atomic E-state index is 0.254. The van der Waals surface area contributed by atoms with Gasteiger partial charge in [-0.25, -0.2) is 4.79 Å². The van der Waals surface area contributed by atoms with Crippen LogP contribution in [0, 0.1) is 0 Å². The Morgan fingerprint density at radius 1 is 0.974 bits per heavy atom. The maximum Gasteiger partial charge on any atom is 0.417 e. The number of amides is 1. The van der Waals surface area contributed by atoms with Crippen molar-refractivity contribution in [3.63, 3.8) is 0 Å². The van der Waals surface area contributed by atoms with Crippen molar-refractivity contribution >= 4 is 22.7 Å². The van der Waals surface area contributed by atoms with Crippen molar-refractivity contribution in [1.82, 2.24) is 24.6 Å². The van der Waals surface area contributed by atoms with E-state index in [-0.39, 0.29) is 5.56 Å². The van der Waals surface area contributed by atoms with Crippen LogP contribution in [0.15, 0.2) is 84.0 Å². The zero-order valence-electron chi connectivity index (χ0n) is 21.5. The Hall–Kier alpha value is -4.63. The molecule has 0 radical (unpaired) electrons. The fraction of sp³-hybridized carbons (Fsp3) is 0.233. The number of hydrogen-bond donors (Lipinski definition) is 3. The normalized spacial score (nSPS) is 13.9. The van der Waals surface area contributed by atoms with Crippen LogP contribution in [0.5, 0.6) is 5.75 Å². The summed E-state index contributed by atoms with van der Waals surface area (Å²) in [5.41, 5.74) is 4.57. The molecular weight excluding hydrogens is 492 g/mol. The third-order valence-electron chi connectivity index (χ3n) is 6.99. The number of carbonyl (C=O) groups excluding carboxylic acids is 1. The van der Waals surface area contributed by atoms with Crippen molar-refractivity contribution in [1.29, 1.82) is 0 Å². The third kappa shape index (κ3) is 5.94. The molecule has 3 aromatic heterocycles. The van der Waals surface area contributed by atoms with Gasteiger partial charge in [0.1, 0.15) is 0 Å². The van der Waals surface area contributed by atoms with Gasteiger partial charge in [0.25, 0.3) is 5.56 Å². The molecule has 1 amide bonds. The van der Waals surface area contributed by atoms with E-state index in [1.807, 2.05) is 36.4 Å². The van der Waals surface area contributed by atoms with E-state index in [0.717, 1.165) is 36.1 Å². The highest BCUT2D eigenvalue weighted by Gasteiger charge is 2.14. The van der Waals surface area contributed by atoms with E-state index in [0.29, 0.717) is 29.2 Å². The van der Waals surface area contributed by atoms with Crippen LogP contribution in [0.1, 0.15) is 30.4 Å². The standard InChI is InChI=1S/C30H30N6O3/c37-29-26(28-14-23-13-22(9-10-27(23)34-28)18-35-11-5-2-6-12-35)15-24(16-31-29)33-30(38)39-25-17-32-36(20-25)19-21-7-3-1-4-8-21/h1,3-4,7-10,13-17,20,34H,2,5-6,11-12,18-19H2,(H,31,37)(H,33,38). The summed E-state index contributed by atoms with van der Waals surface area (Å²) in [4.78, 5) is 33.8. The molecule has 0 unspecified atom stereocenters. The summed E-state index contributed by atoms with van der Waals surface area (Å²) < 4.78 is 7.10. The van der Waals surface area contributed by atoms with Crippen molar-refractivity contribution in [3.05, 3.63) is 101 Å². The molecule has 1 fully saturated rings. The number of carbonyl (C=O) groups is 1. The highest BCUT2D eigenvalue weighted by molar-refractivity contribution is 5.89. The number of pyridine rings is 1. The largest absolute Gasteiger partial charge is 0.417 e. The first-order chi connectivity index (χ1) is 19.1. The predicted molar refractivity (Wildman–Crippen MR) is 151 cm³/mol. The average Bonchev–Trinajstić information content (AvgIpc) is 3.57. The number of benzene rings is 2. The fourth-order valence-electron chi connectivity index (χ4n) is 5.06. The fourth-order valence-corrected chi connectivity index (χ4v) is 5.06. The molecule has 6 rings (SSSR count). The number of aromatic nitrogens is 4. The lowest BCUT2D eigenvalue weighted by molar-refractivity contribution is 0.215. The Morgan fingerprint density at radius 2 is 1.82 bits per heavy atom. The minimum Gasteiger partial charge on any atom is -0.407 e. The summed E-state index contributed by atoms with van der Waals surface area (Å²) in [7, 11) is 0. The number of nitrogens with one attached hydrogen (secondary N) is 3. The van der Waals surface area contributed by atoms with E-state index >= 15 is 0 Å². The molecule has 198 valence electrons. The minimum atomic E-state index is -0.675. The lowest BCUT2D eigenvalue weighted by Gasteiger charge is -2.26. The summed E-state index contributed by atoms with van der Waals surface area (Å²) in [5, 5.41) is 7.99. The number of aromatic amines is 2. The van der Waals surface area contributed by atoms with Crippen molar-refractivity contribution in [3.8, 4) is 17.0 Å². The molecule has 0 aliphatic carbocycles. The Labute approximate surface area is 225 Å². The zero-order chi connectivity index (χ0) is 26.6. The molecule has 1 aliphatic rings. The molecule has 0 bridgehead atoms. The van der Waals surface area contributed by atoms with Gasteiger partial charge in [0.2, 0.25) is 0 Å². The van der Waals surface area contributed by atoms with E-state index in [1.54, 1.807) is 16.9 Å². The van der Waals surface area contributed by atoms with Crippen LogP contribution < -0.4 is 15.6 Å². The smallest absolute Gasteiger partial charge is 0.407 e. The van der Waals surface area contributed by atoms with Crippen LogP contribution >= 0.6 is 0 Å². The molecule has 9 nitrogen and oxygen atoms in total. The first-order valence-corrected chi connectivity index (χ1v) is 13.2. The second kappa shape index (κ2) is 11.0. The van der Waals surface area contributed by atoms with E-state index in [9.17, 15) is 9.59 Å². The van der Waals surface area contributed by atoms with Gasteiger partial charge in [-0.05, 0) is 61.3 Å². The van der Waals surface area contributed by atoms with Gasteiger partial charge in [0.05, 0.1) is 35.9 Å². The Morgan fingerprint density at radius 3 is 2.67 bits per heavy atom. The third-order valence-corrected chi connectivity index (χ3v) is 6.99. The number of piperidine rings is 1. The van der Waals surface area contributed by atoms with Crippen LogP contribution in [-0.4, -0.2) is 43.8 Å². The van der Waals surface area contributed by atoms with Gasteiger partial charge in [-0.2, -0.15) is 5.10 Å². The molecule has 9 heteroatoms. The molecule has 5 aromatic rings. The monoisotopic (exact) mass is 522 g/mol. The first-order valence-electron chi connectivity index (χ1n) is 13.2. The molecule has 0 spiro atoms. The summed E-state index contributed by atoms with van der Waals surface area (Å²) >= 11 is 0. The SMILES string of the molecule is O=C(Nc1c[nH]c(=O)c(-c2cc3cc(CN4CCCCC4)ccc3[nH]2)c1)Oc1cnn(Cc2ccccc2)c1. The molecular formula is C30H30N6O3. The van der Waals surface area contributed by atoms with E-state index in [2.05, 4.69) is 43.5 Å². The maximum atomic E-state index is 12.7. The number of anilines is 1. The van der Waals surface area contributed by atoms with Crippen LogP contribution in [-0.2, 0) is 13.1 Å². The summed E-state index contributed by atoms with van der Waals surface area (Å²) in [6.45, 7) is 3.79. The van der Waals surface area contributed by atoms with Crippen LogP contribution in [0.4, 0.5) is 10.5 Å². The molecule has 2 aromatic carbocycles. The van der Waals surface area contributed by atoms with Gasteiger partial charge >= 0.3 is 6.09 Å². The second-order valence-corrected chi connectivity index (χ2v) is 9.95. The Kier molecular flexibility index (Phi) is 6.97. The quantitative estimate of drug-likeness (QED) is 0.267. The predicted octanol–water partition coefficient (Wildman–Crippen LogP) is 5.36. The molecule has 3 N–H and O–H groups in total.